The van der Waals surface area contributed by atoms with Gasteiger partial charge in [0.05, 0.1) is 7.11 Å². The number of nitrogens with zero attached hydrogens (tertiary/aromatic N) is 1. The van der Waals surface area contributed by atoms with E-state index in [4.69, 9.17) is 4.74 Å². The average molecular weight is 482 g/mol. The SMILES string of the molecule is CN=C(NCCC(=O)NCc1ccccc1)NCc1ccc(OC)cc1.I. The summed E-state index contributed by atoms with van der Waals surface area (Å²) in [7, 11) is 3.36. The first-order valence-electron chi connectivity index (χ1n) is 8.59. The second-order valence-corrected chi connectivity index (χ2v) is 5.71. The normalized spacial score (nSPS) is 10.5. The Morgan fingerprint density at radius 2 is 1.56 bits per heavy atom. The zero-order valence-electron chi connectivity index (χ0n) is 15.7. The summed E-state index contributed by atoms with van der Waals surface area (Å²) >= 11 is 0. The molecule has 27 heavy (non-hydrogen) atoms. The minimum absolute atomic E-state index is 0. The molecule has 2 rings (SSSR count). The van der Waals surface area contributed by atoms with E-state index in [9.17, 15) is 4.79 Å². The number of hydrogen-bond donors (Lipinski definition) is 3. The van der Waals surface area contributed by atoms with Crippen molar-refractivity contribution in [1.29, 1.82) is 0 Å². The number of amides is 1. The Morgan fingerprint density at radius 3 is 2.19 bits per heavy atom. The van der Waals surface area contributed by atoms with Gasteiger partial charge in [-0.2, -0.15) is 0 Å². The number of carbonyl (C=O) groups is 1. The van der Waals surface area contributed by atoms with E-state index >= 15 is 0 Å². The van der Waals surface area contributed by atoms with Gasteiger partial charge in [0.2, 0.25) is 5.91 Å². The molecule has 7 heteroatoms. The Bertz CT molecular complexity index is 706. The predicted octanol–water partition coefficient (Wildman–Crippen LogP) is 2.68. The number of hydrogen-bond acceptors (Lipinski definition) is 3. The fourth-order valence-electron chi connectivity index (χ4n) is 2.33. The number of ether oxygens (including phenoxy) is 1. The van der Waals surface area contributed by atoms with Crippen molar-refractivity contribution in [3.63, 3.8) is 0 Å². The van der Waals surface area contributed by atoms with Crippen LogP contribution in [0.3, 0.4) is 0 Å². The van der Waals surface area contributed by atoms with E-state index in [1.54, 1.807) is 14.2 Å². The number of aliphatic imine (C=N–C) groups is 1. The van der Waals surface area contributed by atoms with E-state index < -0.39 is 0 Å². The minimum atomic E-state index is 0. The van der Waals surface area contributed by atoms with Crippen LogP contribution in [0.15, 0.2) is 59.6 Å². The number of rotatable bonds is 8. The zero-order chi connectivity index (χ0) is 18.6. The Labute approximate surface area is 177 Å². The van der Waals surface area contributed by atoms with Gasteiger partial charge in [-0.1, -0.05) is 42.5 Å². The molecule has 2 aromatic rings. The highest BCUT2D eigenvalue weighted by Crippen LogP contribution is 2.10. The molecule has 0 bridgehead atoms. The first-order chi connectivity index (χ1) is 12.7. The van der Waals surface area contributed by atoms with Crippen molar-refractivity contribution in [2.45, 2.75) is 19.5 Å². The molecule has 0 unspecified atom stereocenters. The van der Waals surface area contributed by atoms with Crippen LogP contribution in [0.25, 0.3) is 0 Å². The molecular weight excluding hydrogens is 455 g/mol. The topological polar surface area (TPSA) is 74.8 Å². The Balaban J connectivity index is 0.00000364. The molecule has 0 atom stereocenters. The molecule has 0 saturated heterocycles. The van der Waals surface area contributed by atoms with Gasteiger partial charge in [-0.3, -0.25) is 9.79 Å². The lowest BCUT2D eigenvalue weighted by molar-refractivity contribution is -0.121. The molecule has 3 N–H and O–H groups in total. The molecule has 0 aliphatic heterocycles. The molecule has 0 aliphatic rings. The maximum atomic E-state index is 11.9. The third kappa shape index (κ3) is 8.76. The molecule has 6 nitrogen and oxygen atoms in total. The molecule has 0 aliphatic carbocycles. The van der Waals surface area contributed by atoms with Crippen molar-refractivity contribution in [2.24, 2.45) is 4.99 Å². The van der Waals surface area contributed by atoms with Gasteiger partial charge in [-0.05, 0) is 23.3 Å². The number of benzene rings is 2. The maximum Gasteiger partial charge on any atom is 0.222 e. The smallest absolute Gasteiger partial charge is 0.222 e. The molecule has 2 aromatic carbocycles. The highest BCUT2D eigenvalue weighted by Gasteiger charge is 2.03. The van der Waals surface area contributed by atoms with Crippen LogP contribution in [-0.2, 0) is 17.9 Å². The van der Waals surface area contributed by atoms with Crippen molar-refractivity contribution in [3.05, 3.63) is 65.7 Å². The number of nitrogens with one attached hydrogen (secondary N) is 3. The van der Waals surface area contributed by atoms with Crippen molar-refractivity contribution in [3.8, 4) is 5.75 Å². The number of guanidine groups is 1. The van der Waals surface area contributed by atoms with Crippen molar-refractivity contribution in [1.82, 2.24) is 16.0 Å². The van der Waals surface area contributed by atoms with Gasteiger partial charge in [0.25, 0.3) is 0 Å². The number of halogens is 1. The van der Waals surface area contributed by atoms with Crippen LogP contribution < -0.4 is 20.7 Å². The molecule has 146 valence electrons. The van der Waals surface area contributed by atoms with Crippen LogP contribution in [0.1, 0.15) is 17.5 Å². The zero-order valence-corrected chi connectivity index (χ0v) is 18.0. The summed E-state index contributed by atoms with van der Waals surface area (Å²) in [5, 5.41) is 9.27. The molecule has 0 fully saturated rings. The summed E-state index contributed by atoms with van der Waals surface area (Å²) in [5.74, 6) is 1.50. The lowest BCUT2D eigenvalue weighted by Crippen LogP contribution is -2.38. The second kappa shape index (κ2) is 13.0. The van der Waals surface area contributed by atoms with Gasteiger partial charge < -0.3 is 20.7 Å². The molecule has 1 amide bonds. The van der Waals surface area contributed by atoms with Crippen LogP contribution in [0.2, 0.25) is 0 Å². The summed E-state index contributed by atoms with van der Waals surface area (Å²) in [6.45, 7) is 1.71. The number of methoxy groups -OCH3 is 1. The summed E-state index contributed by atoms with van der Waals surface area (Å²) in [4.78, 5) is 16.1. The molecule has 0 aromatic heterocycles. The minimum Gasteiger partial charge on any atom is -0.497 e. The molecule has 0 radical (unpaired) electrons. The van der Waals surface area contributed by atoms with Gasteiger partial charge in [0, 0.05) is 33.1 Å². The van der Waals surface area contributed by atoms with Gasteiger partial charge in [-0.15, -0.1) is 24.0 Å². The summed E-state index contributed by atoms with van der Waals surface area (Å²) in [6.07, 6.45) is 0.385. The van der Waals surface area contributed by atoms with E-state index in [2.05, 4.69) is 20.9 Å². The monoisotopic (exact) mass is 482 g/mol. The maximum absolute atomic E-state index is 11.9. The van der Waals surface area contributed by atoms with Crippen molar-refractivity contribution in [2.75, 3.05) is 20.7 Å². The molecule has 0 saturated carbocycles. The second-order valence-electron chi connectivity index (χ2n) is 5.71. The van der Waals surface area contributed by atoms with Crippen LogP contribution >= 0.6 is 24.0 Å². The fraction of sp³-hybridized carbons (Fsp3) is 0.300. The average Bonchev–Trinajstić information content (AvgIpc) is 2.70. The van der Waals surface area contributed by atoms with Gasteiger partial charge >= 0.3 is 0 Å². The van der Waals surface area contributed by atoms with E-state index in [1.165, 1.54) is 0 Å². The molecule has 0 spiro atoms. The van der Waals surface area contributed by atoms with E-state index in [0.717, 1.165) is 16.9 Å². The fourth-order valence-corrected chi connectivity index (χ4v) is 2.33. The summed E-state index contributed by atoms with van der Waals surface area (Å²) in [6, 6.07) is 17.7. The Morgan fingerprint density at radius 1 is 0.926 bits per heavy atom. The highest BCUT2D eigenvalue weighted by atomic mass is 127. The van der Waals surface area contributed by atoms with E-state index in [0.29, 0.717) is 32.0 Å². The number of carbonyl (C=O) groups excluding carboxylic acids is 1. The highest BCUT2D eigenvalue weighted by molar-refractivity contribution is 14.0. The van der Waals surface area contributed by atoms with Gasteiger partial charge in [0.15, 0.2) is 5.96 Å². The van der Waals surface area contributed by atoms with Crippen LogP contribution in [-0.4, -0.2) is 32.6 Å². The Kier molecular flexibility index (Phi) is 10.9. The lowest BCUT2D eigenvalue weighted by atomic mass is 10.2. The van der Waals surface area contributed by atoms with Crippen LogP contribution in [0.5, 0.6) is 5.75 Å². The largest absolute Gasteiger partial charge is 0.497 e. The molecule has 0 heterocycles. The standard InChI is InChI=1S/C20H26N4O2.HI/c1-21-20(24-15-17-8-10-18(26-2)11-9-17)22-13-12-19(25)23-14-16-6-4-3-5-7-16;/h3-11H,12-15H2,1-2H3,(H,23,25)(H2,21,22,24);1H. The summed E-state index contributed by atoms with van der Waals surface area (Å²) in [5.41, 5.74) is 2.21. The molecular formula is C20H27IN4O2. The van der Waals surface area contributed by atoms with Crippen LogP contribution in [0, 0.1) is 0 Å². The van der Waals surface area contributed by atoms with E-state index in [-0.39, 0.29) is 29.9 Å². The first-order valence-corrected chi connectivity index (χ1v) is 8.59. The van der Waals surface area contributed by atoms with E-state index in [1.807, 2.05) is 54.6 Å². The lowest BCUT2D eigenvalue weighted by Gasteiger charge is -2.12. The van der Waals surface area contributed by atoms with Gasteiger partial charge in [-0.25, -0.2) is 0 Å². The quantitative estimate of drug-likeness (QED) is 0.308. The van der Waals surface area contributed by atoms with Crippen LogP contribution in [0.4, 0.5) is 0 Å². The predicted molar refractivity (Wildman–Crippen MR) is 120 cm³/mol. The van der Waals surface area contributed by atoms with Crippen molar-refractivity contribution >= 4 is 35.8 Å². The third-order valence-electron chi connectivity index (χ3n) is 3.82. The summed E-state index contributed by atoms with van der Waals surface area (Å²) < 4.78 is 5.15. The first kappa shape index (κ1) is 22.8. The Hall–Kier alpha value is -2.29. The van der Waals surface area contributed by atoms with Gasteiger partial charge in [0.1, 0.15) is 5.75 Å². The third-order valence-corrected chi connectivity index (χ3v) is 3.82. The van der Waals surface area contributed by atoms with Crippen molar-refractivity contribution < 1.29 is 9.53 Å².